The van der Waals surface area contributed by atoms with Gasteiger partial charge in [0.15, 0.2) is 0 Å². The summed E-state index contributed by atoms with van der Waals surface area (Å²) in [5.41, 5.74) is 1.07. The van der Waals surface area contributed by atoms with Gasteiger partial charge in [-0.2, -0.15) is 0 Å². The van der Waals surface area contributed by atoms with Crippen molar-refractivity contribution >= 4 is 6.03 Å². The quantitative estimate of drug-likeness (QED) is 0.739. The highest BCUT2D eigenvalue weighted by atomic mass is 16.5. The van der Waals surface area contributed by atoms with E-state index in [1.54, 1.807) is 0 Å². The zero-order valence-electron chi connectivity index (χ0n) is 8.99. The van der Waals surface area contributed by atoms with Gasteiger partial charge in [0, 0.05) is 7.11 Å². The van der Waals surface area contributed by atoms with Crippen LogP contribution in [-0.4, -0.2) is 19.9 Å². The van der Waals surface area contributed by atoms with Crippen LogP contribution in [-0.2, 0) is 4.74 Å². The Morgan fingerprint density at radius 2 is 2.07 bits per heavy atom. The minimum atomic E-state index is -0.229. The van der Waals surface area contributed by atoms with Crippen LogP contribution in [0.1, 0.15) is 18.5 Å². The van der Waals surface area contributed by atoms with Crippen molar-refractivity contribution in [1.82, 2.24) is 10.6 Å². The van der Waals surface area contributed by atoms with Crippen LogP contribution in [0.4, 0.5) is 4.79 Å². The Labute approximate surface area is 89.6 Å². The van der Waals surface area contributed by atoms with Crippen molar-refractivity contribution < 1.29 is 9.53 Å². The fourth-order valence-corrected chi connectivity index (χ4v) is 1.21. The third-order valence-corrected chi connectivity index (χ3v) is 2.02. The van der Waals surface area contributed by atoms with Crippen LogP contribution in [0.3, 0.4) is 0 Å². The Morgan fingerprint density at radius 3 is 2.67 bits per heavy atom. The monoisotopic (exact) mass is 208 g/mol. The Morgan fingerprint density at radius 1 is 1.40 bits per heavy atom. The van der Waals surface area contributed by atoms with Gasteiger partial charge in [0.05, 0.1) is 6.04 Å². The third-order valence-electron chi connectivity index (χ3n) is 2.02. The Hall–Kier alpha value is -1.55. The van der Waals surface area contributed by atoms with Gasteiger partial charge in [-0.1, -0.05) is 30.3 Å². The molecule has 1 rings (SSSR count). The van der Waals surface area contributed by atoms with E-state index in [0.717, 1.165) is 5.56 Å². The summed E-state index contributed by atoms with van der Waals surface area (Å²) in [6, 6.07) is 9.54. The molecule has 0 spiro atoms. The van der Waals surface area contributed by atoms with Gasteiger partial charge in [-0.3, -0.25) is 0 Å². The molecule has 0 fully saturated rings. The number of nitrogens with one attached hydrogen (secondary N) is 2. The lowest BCUT2D eigenvalue weighted by Crippen LogP contribution is -2.37. The summed E-state index contributed by atoms with van der Waals surface area (Å²) in [5, 5.41) is 5.36. The molecule has 4 nitrogen and oxygen atoms in total. The molecule has 0 saturated heterocycles. The summed E-state index contributed by atoms with van der Waals surface area (Å²) in [5.74, 6) is 0. The summed E-state index contributed by atoms with van der Waals surface area (Å²) in [6.45, 7) is 2.15. The normalized spacial score (nSPS) is 11.9. The number of methoxy groups -OCH3 is 1. The maximum Gasteiger partial charge on any atom is 0.317 e. The van der Waals surface area contributed by atoms with Crippen molar-refractivity contribution in [3.8, 4) is 0 Å². The summed E-state index contributed by atoms with van der Waals surface area (Å²) in [4.78, 5) is 11.3. The zero-order chi connectivity index (χ0) is 11.1. The Balaban J connectivity index is 2.42. The molecule has 1 atom stereocenters. The molecule has 1 unspecified atom stereocenters. The van der Waals surface area contributed by atoms with E-state index >= 15 is 0 Å². The maximum absolute atomic E-state index is 11.3. The summed E-state index contributed by atoms with van der Waals surface area (Å²) in [6.07, 6.45) is 0. The maximum atomic E-state index is 11.3. The van der Waals surface area contributed by atoms with Crippen molar-refractivity contribution in [2.45, 2.75) is 13.0 Å². The molecule has 82 valence electrons. The Bertz CT molecular complexity index is 301. The van der Waals surface area contributed by atoms with E-state index in [4.69, 9.17) is 4.74 Å². The van der Waals surface area contributed by atoms with Crippen LogP contribution in [0.25, 0.3) is 0 Å². The SMILES string of the molecule is COCNC(=O)NC(C)c1ccccc1. The number of rotatable bonds is 4. The predicted molar refractivity (Wildman–Crippen MR) is 58.4 cm³/mol. The van der Waals surface area contributed by atoms with E-state index in [1.165, 1.54) is 7.11 Å². The van der Waals surface area contributed by atoms with Crippen molar-refractivity contribution in [1.29, 1.82) is 0 Å². The molecular weight excluding hydrogens is 192 g/mol. The fourth-order valence-electron chi connectivity index (χ4n) is 1.21. The second kappa shape index (κ2) is 6.03. The number of benzene rings is 1. The summed E-state index contributed by atoms with van der Waals surface area (Å²) >= 11 is 0. The highest BCUT2D eigenvalue weighted by molar-refractivity contribution is 5.74. The largest absolute Gasteiger partial charge is 0.364 e. The molecule has 2 amide bonds. The molecule has 15 heavy (non-hydrogen) atoms. The summed E-state index contributed by atoms with van der Waals surface area (Å²) in [7, 11) is 1.53. The topological polar surface area (TPSA) is 50.4 Å². The van der Waals surface area contributed by atoms with Gasteiger partial charge in [-0.15, -0.1) is 0 Å². The van der Waals surface area contributed by atoms with Crippen LogP contribution >= 0.6 is 0 Å². The fraction of sp³-hybridized carbons (Fsp3) is 0.364. The minimum Gasteiger partial charge on any atom is -0.364 e. The first-order valence-corrected chi connectivity index (χ1v) is 4.82. The smallest absolute Gasteiger partial charge is 0.317 e. The van der Waals surface area contributed by atoms with Gasteiger partial charge in [0.2, 0.25) is 0 Å². The molecule has 0 bridgehead atoms. The molecule has 0 heterocycles. The number of amides is 2. The van der Waals surface area contributed by atoms with Crippen LogP contribution < -0.4 is 10.6 Å². The number of hydrogen-bond acceptors (Lipinski definition) is 2. The van der Waals surface area contributed by atoms with Crippen LogP contribution in [0, 0.1) is 0 Å². The number of hydrogen-bond donors (Lipinski definition) is 2. The second-order valence-corrected chi connectivity index (χ2v) is 3.22. The molecule has 1 aromatic rings. The van der Waals surface area contributed by atoms with Crippen LogP contribution in [0.15, 0.2) is 30.3 Å². The first kappa shape index (κ1) is 11.5. The molecule has 0 aromatic heterocycles. The van der Waals surface area contributed by atoms with Gasteiger partial charge in [-0.05, 0) is 12.5 Å². The van der Waals surface area contributed by atoms with Gasteiger partial charge < -0.3 is 15.4 Å². The minimum absolute atomic E-state index is 0.0111. The summed E-state index contributed by atoms with van der Waals surface area (Å²) < 4.78 is 4.73. The van der Waals surface area contributed by atoms with Gasteiger partial charge in [-0.25, -0.2) is 4.79 Å². The van der Waals surface area contributed by atoms with E-state index in [1.807, 2.05) is 37.3 Å². The van der Waals surface area contributed by atoms with E-state index in [0.29, 0.717) is 0 Å². The van der Waals surface area contributed by atoms with Crippen LogP contribution in [0.2, 0.25) is 0 Å². The number of urea groups is 1. The molecule has 0 radical (unpaired) electrons. The van der Waals surface area contributed by atoms with Crippen molar-refractivity contribution in [2.75, 3.05) is 13.8 Å². The van der Waals surface area contributed by atoms with Crippen molar-refractivity contribution in [3.05, 3.63) is 35.9 Å². The molecule has 0 aliphatic heterocycles. The average Bonchev–Trinajstić information content (AvgIpc) is 2.27. The first-order chi connectivity index (χ1) is 7.24. The lowest BCUT2D eigenvalue weighted by Gasteiger charge is -2.14. The molecular formula is C11H16N2O2. The van der Waals surface area contributed by atoms with E-state index < -0.39 is 0 Å². The lowest BCUT2D eigenvalue weighted by atomic mass is 10.1. The standard InChI is InChI=1S/C11H16N2O2/c1-9(10-6-4-3-5-7-10)13-11(14)12-8-15-2/h3-7,9H,8H2,1-2H3,(H2,12,13,14). The zero-order valence-corrected chi connectivity index (χ0v) is 8.99. The number of ether oxygens (including phenoxy) is 1. The molecule has 0 saturated carbocycles. The van der Waals surface area contributed by atoms with E-state index in [-0.39, 0.29) is 18.8 Å². The highest BCUT2D eigenvalue weighted by Gasteiger charge is 2.07. The Kier molecular flexibility index (Phi) is 4.63. The molecule has 2 N–H and O–H groups in total. The molecule has 0 aliphatic rings. The number of carbonyl (C=O) groups excluding carboxylic acids is 1. The third kappa shape index (κ3) is 3.99. The van der Waals surface area contributed by atoms with Gasteiger partial charge in [0.1, 0.15) is 6.73 Å². The van der Waals surface area contributed by atoms with Crippen LogP contribution in [0.5, 0.6) is 0 Å². The van der Waals surface area contributed by atoms with E-state index in [2.05, 4.69) is 10.6 Å². The van der Waals surface area contributed by atoms with Gasteiger partial charge in [0.25, 0.3) is 0 Å². The van der Waals surface area contributed by atoms with E-state index in [9.17, 15) is 4.79 Å². The molecule has 0 aliphatic carbocycles. The predicted octanol–water partition coefficient (Wildman–Crippen LogP) is 1.65. The first-order valence-electron chi connectivity index (χ1n) is 4.82. The molecule has 4 heteroatoms. The lowest BCUT2D eigenvalue weighted by molar-refractivity contribution is 0.171. The van der Waals surface area contributed by atoms with Crippen molar-refractivity contribution in [3.63, 3.8) is 0 Å². The highest BCUT2D eigenvalue weighted by Crippen LogP contribution is 2.10. The van der Waals surface area contributed by atoms with Gasteiger partial charge >= 0.3 is 6.03 Å². The number of carbonyl (C=O) groups is 1. The second-order valence-electron chi connectivity index (χ2n) is 3.22. The molecule has 1 aromatic carbocycles. The van der Waals surface area contributed by atoms with Crippen molar-refractivity contribution in [2.24, 2.45) is 0 Å². The average molecular weight is 208 g/mol.